The van der Waals surface area contributed by atoms with Crippen molar-refractivity contribution < 1.29 is 9.32 Å². The lowest BCUT2D eigenvalue weighted by atomic mass is 10.0. The normalized spacial score (nSPS) is 12.4. The molecule has 2 rings (SSSR count). The monoisotopic (exact) mass is 301 g/mol. The Morgan fingerprint density at radius 1 is 1.18 bits per heavy atom. The van der Waals surface area contributed by atoms with E-state index in [0.29, 0.717) is 23.2 Å². The van der Waals surface area contributed by atoms with Gasteiger partial charge in [-0.25, -0.2) is 0 Å². The van der Waals surface area contributed by atoms with Crippen molar-refractivity contribution in [3.05, 3.63) is 35.7 Å². The van der Waals surface area contributed by atoms with Crippen molar-refractivity contribution in [2.24, 2.45) is 5.92 Å². The number of benzene rings is 1. The van der Waals surface area contributed by atoms with Crippen molar-refractivity contribution in [2.75, 3.05) is 0 Å². The van der Waals surface area contributed by atoms with Crippen LogP contribution in [0.25, 0.3) is 11.5 Å². The minimum atomic E-state index is -0.0514. The van der Waals surface area contributed by atoms with Crippen molar-refractivity contribution in [1.82, 2.24) is 15.5 Å². The SMILES string of the molecule is Cc1noc(-c2ccc(C(=O)NC(C)CCC(C)C)cc2)n1. The molecule has 0 radical (unpaired) electrons. The van der Waals surface area contributed by atoms with Gasteiger partial charge >= 0.3 is 0 Å². The highest BCUT2D eigenvalue weighted by Gasteiger charge is 2.12. The third-order valence-electron chi connectivity index (χ3n) is 3.48. The fraction of sp³-hybridized carbons (Fsp3) is 0.471. The van der Waals surface area contributed by atoms with Gasteiger partial charge < -0.3 is 9.84 Å². The molecule has 0 spiro atoms. The average molecular weight is 301 g/mol. The molecule has 22 heavy (non-hydrogen) atoms. The molecule has 1 atom stereocenters. The van der Waals surface area contributed by atoms with Gasteiger partial charge in [-0.1, -0.05) is 19.0 Å². The Labute approximate surface area is 131 Å². The molecule has 0 aliphatic carbocycles. The van der Waals surface area contributed by atoms with Crippen molar-refractivity contribution in [2.45, 2.75) is 46.6 Å². The molecule has 0 aliphatic heterocycles. The molecule has 118 valence electrons. The minimum absolute atomic E-state index is 0.0514. The zero-order chi connectivity index (χ0) is 16.1. The second-order valence-electron chi connectivity index (χ2n) is 6.07. The molecule has 1 aromatic heterocycles. The summed E-state index contributed by atoms with van der Waals surface area (Å²) in [6.07, 6.45) is 2.10. The molecular formula is C17H23N3O2. The molecule has 0 fully saturated rings. The van der Waals surface area contributed by atoms with Crippen molar-refractivity contribution in [3.63, 3.8) is 0 Å². The largest absolute Gasteiger partial charge is 0.350 e. The summed E-state index contributed by atoms with van der Waals surface area (Å²) in [5.41, 5.74) is 1.45. The first-order valence-corrected chi connectivity index (χ1v) is 7.67. The summed E-state index contributed by atoms with van der Waals surface area (Å²) >= 11 is 0. The van der Waals surface area contributed by atoms with E-state index in [1.54, 1.807) is 19.1 Å². The Hall–Kier alpha value is -2.17. The summed E-state index contributed by atoms with van der Waals surface area (Å²) in [7, 11) is 0. The number of aromatic nitrogens is 2. The highest BCUT2D eigenvalue weighted by atomic mass is 16.5. The van der Waals surface area contributed by atoms with E-state index in [0.717, 1.165) is 18.4 Å². The second kappa shape index (κ2) is 7.20. The van der Waals surface area contributed by atoms with Crippen molar-refractivity contribution >= 4 is 5.91 Å². The van der Waals surface area contributed by atoms with Crippen LogP contribution in [0, 0.1) is 12.8 Å². The lowest BCUT2D eigenvalue weighted by Crippen LogP contribution is -2.32. The van der Waals surface area contributed by atoms with E-state index >= 15 is 0 Å². The standard InChI is InChI=1S/C17H23N3O2/c1-11(2)5-6-12(3)18-16(21)14-7-9-15(10-8-14)17-19-13(4)20-22-17/h7-12H,5-6H2,1-4H3,(H,18,21). The van der Waals surface area contributed by atoms with Gasteiger partial charge in [0, 0.05) is 17.2 Å². The van der Waals surface area contributed by atoms with Crippen LogP contribution in [0.3, 0.4) is 0 Å². The summed E-state index contributed by atoms with van der Waals surface area (Å²) in [5.74, 6) is 1.66. The first-order chi connectivity index (χ1) is 10.5. The fourth-order valence-electron chi connectivity index (χ4n) is 2.14. The average Bonchev–Trinajstić information content (AvgIpc) is 2.92. The summed E-state index contributed by atoms with van der Waals surface area (Å²) in [4.78, 5) is 16.4. The van der Waals surface area contributed by atoms with E-state index in [4.69, 9.17) is 4.52 Å². The number of rotatable bonds is 6. The van der Waals surface area contributed by atoms with Crippen LogP contribution in [-0.4, -0.2) is 22.1 Å². The number of nitrogens with one attached hydrogen (secondary N) is 1. The van der Waals surface area contributed by atoms with Gasteiger partial charge in [0.15, 0.2) is 5.82 Å². The first kappa shape index (κ1) is 16.2. The maximum atomic E-state index is 12.2. The summed E-state index contributed by atoms with van der Waals surface area (Å²) < 4.78 is 5.11. The molecule has 1 aromatic carbocycles. The van der Waals surface area contributed by atoms with Gasteiger partial charge in [-0.05, 0) is 56.9 Å². The Bertz CT molecular complexity index is 617. The molecule has 0 saturated heterocycles. The number of hydrogen-bond acceptors (Lipinski definition) is 4. The lowest BCUT2D eigenvalue weighted by molar-refractivity contribution is 0.0937. The molecule has 0 aliphatic rings. The lowest BCUT2D eigenvalue weighted by Gasteiger charge is -2.15. The second-order valence-corrected chi connectivity index (χ2v) is 6.07. The van der Waals surface area contributed by atoms with Crippen molar-refractivity contribution in [3.8, 4) is 11.5 Å². The molecule has 5 heteroatoms. The van der Waals surface area contributed by atoms with E-state index in [2.05, 4.69) is 29.3 Å². The van der Waals surface area contributed by atoms with Crippen LogP contribution in [0.2, 0.25) is 0 Å². The van der Waals surface area contributed by atoms with Gasteiger partial charge in [0.05, 0.1) is 0 Å². The highest BCUT2D eigenvalue weighted by molar-refractivity contribution is 5.94. The number of carbonyl (C=O) groups is 1. The Kier molecular flexibility index (Phi) is 5.31. The van der Waals surface area contributed by atoms with Gasteiger partial charge in [0.1, 0.15) is 0 Å². The van der Waals surface area contributed by atoms with E-state index in [1.807, 2.05) is 19.1 Å². The number of carbonyl (C=O) groups excluding carboxylic acids is 1. The minimum Gasteiger partial charge on any atom is -0.350 e. The van der Waals surface area contributed by atoms with Crippen LogP contribution in [0.1, 0.15) is 49.8 Å². The third kappa shape index (κ3) is 4.41. The molecular weight excluding hydrogens is 278 g/mol. The van der Waals surface area contributed by atoms with Gasteiger partial charge in [-0.2, -0.15) is 4.98 Å². The number of hydrogen-bond donors (Lipinski definition) is 1. The predicted octanol–water partition coefficient (Wildman–Crippen LogP) is 3.60. The molecule has 0 bridgehead atoms. The highest BCUT2D eigenvalue weighted by Crippen LogP contribution is 2.17. The topological polar surface area (TPSA) is 68.0 Å². The fourth-order valence-corrected chi connectivity index (χ4v) is 2.14. The first-order valence-electron chi connectivity index (χ1n) is 7.67. The molecule has 1 heterocycles. The van der Waals surface area contributed by atoms with Gasteiger partial charge in [-0.3, -0.25) is 4.79 Å². The number of aryl methyl sites for hydroxylation is 1. The van der Waals surface area contributed by atoms with Gasteiger partial charge in [-0.15, -0.1) is 0 Å². The Balaban J connectivity index is 1.96. The van der Waals surface area contributed by atoms with Crippen LogP contribution >= 0.6 is 0 Å². The quantitative estimate of drug-likeness (QED) is 0.885. The number of amides is 1. The molecule has 5 nitrogen and oxygen atoms in total. The van der Waals surface area contributed by atoms with Crippen molar-refractivity contribution in [1.29, 1.82) is 0 Å². The molecule has 0 saturated carbocycles. The maximum absolute atomic E-state index is 12.2. The zero-order valence-corrected chi connectivity index (χ0v) is 13.6. The van der Waals surface area contributed by atoms with E-state index < -0.39 is 0 Å². The van der Waals surface area contributed by atoms with E-state index in [9.17, 15) is 4.79 Å². The third-order valence-corrected chi connectivity index (χ3v) is 3.48. The molecule has 2 aromatic rings. The van der Waals surface area contributed by atoms with E-state index in [-0.39, 0.29) is 11.9 Å². The number of nitrogens with zero attached hydrogens (tertiary/aromatic N) is 2. The van der Waals surface area contributed by atoms with Crippen LogP contribution in [0.15, 0.2) is 28.8 Å². The molecule has 1 unspecified atom stereocenters. The van der Waals surface area contributed by atoms with Gasteiger partial charge in [0.2, 0.25) is 0 Å². The van der Waals surface area contributed by atoms with Crippen LogP contribution in [-0.2, 0) is 0 Å². The Morgan fingerprint density at radius 3 is 2.41 bits per heavy atom. The molecule has 1 N–H and O–H groups in total. The molecule has 1 amide bonds. The summed E-state index contributed by atoms with van der Waals surface area (Å²) in [5, 5.41) is 6.78. The zero-order valence-electron chi connectivity index (χ0n) is 13.6. The van der Waals surface area contributed by atoms with Crippen LogP contribution in [0.5, 0.6) is 0 Å². The summed E-state index contributed by atoms with van der Waals surface area (Å²) in [6, 6.07) is 7.37. The van der Waals surface area contributed by atoms with Gasteiger partial charge in [0.25, 0.3) is 11.8 Å². The van der Waals surface area contributed by atoms with Crippen LogP contribution < -0.4 is 5.32 Å². The smallest absolute Gasteiger partial charge is 0.257 e. The van der Waals surface area contributed by atoms with Crippen LogP contribution in [0.4, 0.5) is 0 Å². The predicted molar refractivity (Wildman–Crippen MR) is 85.5 cm³/mol. The summed E-state index contributed by atoms with van der Waals surface area (Å²) in [6.45, 7) is 8.18. The van der Waals surface area contributed by atoms with E-state index in [1.165, 1.54) is 0 Å². The maximum Gasteiger partial charge on any atom is 0.257 e. The Morgan fingerprint density at radius 2 is 1.86 bits per heavy atom.